The molecule has 0 fully saturated rings. The van der Waals surface area contributed by atoms with Crippen LogP contribution in [0.5, 0.6) is 0 Å². The molecule has 3 aromatic heterocycles. The number of nitrogens with two attached hydrogens (primary N) is 1. The molecular formula is C15H17N5OS2. The van der Waals surface area contributed by atoms with Crippen molar-refractivity contribution in [3.63, 3.8) is 0 Å². The monoisotopic (exact) mass is 347 g/mol. The van der Waals surface area contributed by atoms with Crippen LogP contribution in [0.3, 0.4) is 0 Å². The van der Waals surface area contributed by atoms with Crippen LogP contribution in [-0.2, 0) is 17.0 Å². The van der Waals surface area contributed by atoms with Gasteiger partial charge in [-0.15, -0.1) is 11.3 Å². The highest BCUT2D eigenvalue weighted by Crippen LogP contribution is 2.29. The summed E-state index contributed by atoms with van der Waals surface area (Å²) < 4.78 is 2.92. The summed E-state index contributed by atoms with van der Waals surface area (Å²) in [5.41, 5.74) is 9.16. The average Bonchev–Trinajstić information content (AvgIpc) is 3.00. The average molecular weight is 347 g/mol. The van der Waals surface area contributed by atoms with E-state index in [4.69, 9.17) is 5.73 Å². The van der Waals surface area contributed by atoms with Gasteiger partial charge in [0, 0.05) is 28.2 Å². The van der Waals surface area contributed by atoms with Crippen LogP contribution in [0.2, 0.25) is 0 Å². The van der Waals surface area contributed by atoms with Crippen molar-refractivity contribution in [2.45, 2.75) is 37.3 Å². The van der Waals surface area contributed by atoms with Gasteiger partial charge < -0.3 is 5.73 Å². The molecule has 1 amide bonds. The molecule has 0 saturated heterocycles. The molecule has 0 aliphatic carbocycles. The maximum Gasteiger partial charge on any atom is 0.234 e. The zero-order chi connectivity index (χ0) is 16.6. The molecule has 0 aliphatic heterocycles. The van der Waals surface area contributed by atoms with Crippen LogP contribution in [0.25, 0.3) is 5.78 Å². The van der Waals surface area contributed by atoms with Crippen LogP contribution in [0.1, 0.15) is 27.7 Å². The predicted molar refractivity (Wildman–Crippen MR) is 91.8 cm³/mol. The van der Waals surface area contributed by atoms with Crippen LogP contribution in [0.15, 0.2) is 16.6 Å². The Hall–Kier alpha value is -1.93. The molecule has 2 N–H and O–H groups in total. The van der Waals surface area contributed by atoms with Crippen LogP contribution in [0.4, 0.5) is 0 Å². The lowest BCUT2D eigenvalue weighted by molar-refractivity contribution is -0.117. The predicted octanol–water partition coefficient (Wildman–Crippen LogP) is 2.43. The van der Waals surface area contributed by atoms with Crippen molar-refractivity contribution < 1.29 is 4.79 Å². The van der Waals surface area contributed by atoms with Crippen molar-refractivity contribution in [2.75, 3.05) is 0 Å². The summed E-state index contributed by atoms with van der Waals surface area (Å²) in [6.45, 7) is 5.91. The van der Waals surface area contributed by atoms with Crippen molar-refractivity contribution in [1.82, 2.24) is 19.4 Å². The van der Waals surface area contributed by atoms with Gasteiger partial charge in [-0.25, -0.2) is 15.0 Å². The SMILES string of the molecule is Cc1cc(C)n2cc(CSc3nc(C)c(CC(N)=O)s3)nc2n1. The molecule has 6 nitrogen and oxygen atoms in total. The summed E-state index contributed by atoms with van der Waals surface area (Å²) in [5, 5.41) is 0. The van der Waals surface area contributed by atoms with Crippen LogP contribution in [0, 0.1) is 20.8 Å². The molecule has 3 rings (SSSR count). The zero-order valence-electron chi connectivity index (χ0n) is 13.2. The number of rotatable bonds is 5. The summed E-state index contributed by atoms with van der Waals surface area (Å²) in [6, 6.07) is 2.03. The van der Waals surface area contributed by atoms with Gasteiger partial charge in [-0.3, -0.25) is 9.20 Å². The first kappa shape index (κ1) is 15.9. The van der Waals surface area contributed by atoms with Gasteiger partial charge in [-0.1, -0.05) is 11.8 Å². The second-order valence-electron chi connectivity index (χ2n) is 5.36. The van der Waals surface area contributed by atoms with Crippen LogP contribution < -0.4 is 5.73 Å². The number of hydrogen-bond donors (Lipinski definition) is 1. The van der Waals surface area contributed by atoms with Crippen LogP contribution in [-0.4, -0.2) is 25.3 Å². The number of fused-ring (bicyclic) bond motifs is 1. The minimum Gasteiger partial charge on any atom is -0.369 e. The number of aromatic nitrogens is 4. The summed E-state index contributed by atoms with van der Waals surface area (Å²) in [7, 11) is 0. The molecule has 3 aromatic rings. The second-order valence-corrected chi connectivity index (χ2v) is 7.67. The van der Waals surface area contributed by atoms with Gasteiger partial charge in [0.05, 0.1) is 17.8 Å². The molecule has 0 bridgehead atoms. The van der Waals surface area contributed by atoms with E-state index in [1.807, 2.05) is 37.4 Å². The Morgan fingerprint density at radius 1 is 1.30 bits per heavy atom. The number of carbonyl (C=O) groups is 1. The van der Waals surface area contributed by atoms with Gasteiger partial charge in [0.1, 0.15) is 0 Å². The fourth-order valence-electron chi connectivity index (χ4n) is 2.31. The first-order valence-electron chi connectivity index (χ1n) is 7.12. The van der Waals surface area contributed by atoms with Crippen molar-refractivity contribution in [3.05, 3.63) is 39.9 Å². The van der Waals surface area contributed by atoms with Crippen molar-refractivity contribution >= 4 is 34.8 Å². The molecule has 0 aliphatic rings. The summed E-state index contributed by atoms with van der Waals surface area (Å²) in [4.78, 5) is 25.5. The van der Waals surface area contributed by atoms with E-state index < -0.39 is 0 Å². The van der Waals surface area contributed by atoms with Gasteiger partial charge in [-0.2, -0.15) is 0 Å². The number of imidazole rings is 1. The fourth-order valence-corrected chi connectivity index (χ4v) is 4.44. The van der Waals surface area contributed by atoms with Gasteiger partial charge in [0.15, 0.2) is 4.34 Å². The zero-order valence-corrected chi connectivity index (χ0v) is 14.8. The number of aryl methyl sites for hydroxylation is 3. The summed E-state index contributed by atoms with van der Waals surface area (Å²) in [6.07, 6.45) is 2.26. The van der Waals surface area contributed by atoms with E-state index in [1.54, 1.807) is 11.8 Å². The maximum absolute atomic E-state index is 11.0. The highest BCUT2D eigenvalue weighted by Gasteiger charge is 2.12. The van der Waals surface area contributed by atoms with E-state index in [-0.39, 0.29) is 12.3 Å². The number of thiazole rings is 1. The van der Waals surface area contributed by atoms with Crippen molar-refractivity contribution in [1.29, 1.82) is 0 Å². The van der Waals surface area contributed by atoms with Gasteiger partial charge in [0.25, 0.3) is 0 Å². The molecule has 0 atom stereocenters. The molecule has 120 valence electrons. The first-order chi connectivity index (χ1) is 10.9. The second kappa shape index (κ2) is 6.29. The Balaban J connectivity index is 1.76. The third-order valence-electron chi connectivity index (χ3n) is 3.36. The Bertz CT molecular complexity index is 884. The standard InChI is InChI=1S/C15H17N5OS2/c1-8-4-9(2)20-6-11(19-14(20)17-8)7-22-15-18-10(3)12(23-15)5-13(16)21/h4,6H,5,7H2,1-3H3,(H2,16,21). The van der Waals surface area contributed by atoms with Gasteiger partial charge in [0.2, 0.25) is 11.7 Å². The first-order valence-corrected chi connectivity index (χ1v) is 8.92. The Morgan fingerprint density at radius 3 is 2.83 bits per heavy atom. The molecule has 3 heterocycles. The number of primary amides is 1. The third kappa shape index (κ3) is 3.53. The molecule has 0 saturated carbocycles. The van der Waals surface area contributed by atoms with E-state index in [2.05, 4.69) is 15.0 Å². The largest absolute Gasteiger partial charge is 0.369 e. The molecule has 0 radical (unpaired) electrons. The van der Waals surface area contributed by atoms with Gasteiger partial charge in [-0.05, 0) is 26.8 Å². The summed E-state index contributed by atoms with van der Waals surface area (Å²) in [5.74, 6) is 1.11. The normalized spacial score (nSPS) is 11.3. The molecule has 23 heavy (non-hydrogen) atoms. The molecule has 8 heteroatoms. The highest BCUT2D eigenvalue weighted by molar-refractivity contribution is 8.00. The minimum atomic E-state index is -0.328. The minimum absolute atomic E-state index is 0.251. The van der Waals surface area contributed by atoms with Crippen molar-refractivity contribution in [2.24, 2.45) is 5.73 Å². The number of thioether (sulfide) groups is 1. The Morgan fingerprint density at radius 2 is 2.09 bits per heavy atom. The molecular weight excluding hydrogens is 330 g/mol. The van der Waals surface area contributed by atoms with Gasteiger partial charge >= 0.3 is 0 Å². The van der Waals surface area contributed by atoms with E-state index in [1.165, 1.54) is 11.3 Å². The third-order valence-corrected chi connectivity index (χ3v) is 5.70. The van der Waals surface area contributed by atoms with E-state index >= 15 is 0 Å². The number of nitrogens with zero attached hydrogens (tertiary/aromatic N) is 4. The highest BCUT2D eigenvalue weighted by atomic mass is 32.2. The number of amides is 1. The topological polar surface area (TPSA) is 86.2 Å². The maximum atomic E-state index is 11.0. The fraction of sp³-hybridized carbons (Fsp3) is 0.333. The lowest BCUT2D eigenvalue weighted by Crippen LogP contribution is -2.13. The smallest absolute Gasteiger partial charge is 0.234 e. The van der Waals surface area contributed by atoms with Crippen molar-refractivity contribution in [3.8, 4) is 0 Å². The lowest BCUT2D eigenvalue weighted by atomic mass is 10.3. The van der Waals surface area contributed by atoms with E-state index in [9.17, 15) is 4.79 Å². The number of hydrogen-bond acceptors (Lipinski definition) is 6. The Labute approximate surface area is 142 Å². The quantitative estimate of drug-likeness (QED) is 0.716. The van der Waals surface area contributed by atoms with Crippen LogP contribution >= 0.6 is 23.1 Å². The molecule has 0 aromatic carbocycles. The van der Waals surface area contributed by atoms with E-state index in [0.717, 1.165) is 37.8 Å². The molecule has 0 spiro atoms. The van der Waals surface area contributed by atoms with E-state index in [0.29, 0.717) is 5.75 Å². The lowest BCUT2D eigenvalue weighted by Gasteiger charge is -1.98. The summed E-state index contributed by atoms with van der Waals surface area (Å²) >= 11 is 3.13. The Kier molecular flexibility index (Phi) is 4.36. The molecule has 0 unspecified atom stereocenters. The number of carbonyl (C=O) groups excluding carboxylic acids is 1.